The van der Waals surface area contributed by atoms with Gasteiger partial charge in [-0.3, -0.25) is 14.6 Å². The average molecular weight is 366 g/mol. The third-order valence-corrected chi connectivity index (χ3v) is 5.07. The van der Waals surface area contributed by atoms with Crippen LogP contribution in [0.4, 0.5) is 5.95 Å². The topological polar surface area (TPSA) is 82.5 Å². The molecule has 2 aromatic heterocycles. The minimum atomic E-state index is -0.263. The minimum Gasteiger partial charge on any atom is -0.339 e. The van der Waals surface area contributed by atoms with Crippen LogP contribution in [0.1, 0.15) is 12.1 Å². The normalized spacial score (nSPS) is 20.2. The number of hydrogen-bond acceptors (Lipinski definition) is 6. The molecule has 0 N–H and O–H groups in total. The molecule has 4 rings (SSSR count). The molecule has 140 valence electrons. The molecule has 0 saturated carbocycles. The van der Waals surface area contributed by atoms with E-state index in [4.69, 9.17) is 0 Å². The molecule has 8 heteroatoms. The molecule has 2 aromatic rings. The van der Waals surface area contributed by atoms with Gasteiger partial charge in [-0.1, -0.05) is 6.07 Å². The van der Waals surface area contributed by atoms with Crippen LogP contribution in [0.5, 0.6) is 0 Å². The summed E-state index contributed by atoms with van der Waals surface area (Å²) in [4.78, 5) is 43.7. The standard InChI is InChI=1S/C19H22N6O2/c26-17-12-15(13-25(17)14-16-4-1-2-5-20-16)18(27)23-8-10-24(11-9-23)19-21-6-3-7-22-19/h1-7,15H,8-14H2. The molecule has 0 radical (unpaired) electrons. The van der Waals surface area contributed by atoms with Crippen LogP contribution in [0.15, 0.2) is 42.9 Å². The minimum absolute atomic E-state index is 0.0234. The molecule has 2 saturated heterocycles. The largest absolute Gasteiger partial charge is 0.339 e. The summed E-state index contributed by atoms with van der Waals surface area (Å²) in [5.41, 5.74) is 0.843. The molecule has 1 atom stereocenters. The quantitative estimate of drug-likeness (QED) is 0.787. The molecule has 1 unspecified atom stereocenters. The Balaban J connectivity index is 1.32. The number of anilines is 1. The summed E-state index contributed by atoms with van der Waals surface area (Å²) < 4.78 is 0. The summed E-state index contributed by atoms with van der Waals surface area (Å²) in [6.07, 6.45) is 5.45. The van der Waals surface area contributed by atoms with Crippen LogP contribution in [-0.2, 0) is 16.1 Å². The molecule has 0 bridgehead atoms. The van der Waals surface area contributed by atoms with Gasteiger partial charge in [0.2, 0.25) is 17.8 Å². The first-order valence-electron chi connectivity index (χ1n) is 9.19. The molecule has 0 aromatic carbocycles. The van der Waals surface area contributed by atoms with E-state index in [1.807, 2.05) is 23.1 Å². The summed E-state index contributed by atoms with van der Waals surface area (Å²) in [6, 6.07) is 7.44. The van der Waals surface area contributed by atoms with E-state index in [-0.39, 0.29) is 24.2 Å². The van der Waals surface area contributed by atoms with Gasteiger partial charge in [-0.2, -0.15) is 0 Å². The predicted octanol–water partition coefficient (Wildman–Crippen LogP) is 0.569. The van der Waals surface area contributed by atoms with Crippen molar-refractivity contribution in [1.82, 2.24) is 24.8 Å². The Kier molecular flexibility index (Phi) is 4.95. The summed E-state index contributed by atoms with van der Waals surface area (Å²) in [6.45, 7) is 3.59. The SMILES string of the molecule is O=C1CC(C(=O)N2CCN(c3ncccn3)CC2)CN1Cc1ccccn1. The Hall–Kier alpha value is -3.03. The summed E-state index contributed by atoms with van der Waals surface area (Å²) in [5, 5.41) is 0. The van der Waals surface area contributed by atoms with Crippen molar-refractivity contribution in [2.75, 3.05) is 37.6 Å². The van der Waals surface area contributed by atoms with Gasteiger partial charge < -0.3 is 14.7 Å². The summed E-state index contributed by atoms with van der Waals surface area (Å²) >= 11 is 0. The maximum absolute atomic E-state index is 12.9. The first-order chi connectivity index (χ1) is 13.2. The highest BCUT2D eigenvalue weighted by Gasteiger charge is 2.37. The van der Waals surface area contributed by atoms with E-state index < -0.39 is 0 Å². The highest BCUT2D eigenvalue weighted by Crippen LogP contribution is 2.23. The number of carbonyl (C=O) groups is 2. The van der Waals surface area contributed by atoms with Crippen LogP contribution < -0.4 is 4.90 Å². The van der Waals surface area contributed by atoms with Crippen molar-refractivity contribution in [2.24, 2.45) is 5.92 Å². The fourth-order valence-corrected chi connectivity index (χ4v) is 3.62. The second-order valence-electron chi connectivity index (χ2n) is 6.86. The van der Waals surface area contributed by atoms with Crippen LogP contribution >= 0.6 is 0 Å². The number of carbonyl (C=O) groups excluding carboxylic acids is 2. The molecule has 2 aliphatic heterocycles. The molecular formula is C19H22N6O2. The zero-order valence-electron chi connectivity index (χ0n) is 15.1. The third kappa shape index (κ3) is 3.89. The Morgan fingerprint density at radius 3 is 2.44 bits per heavy atom. The van der Waals surface area contributed by atoms with Gasteiger partial charge in [-0.05, 0) is 18.2 Å². The van der Waals surface area contributed by atoms with Crippen molar-refractivity contribution in [3.63, 3.8) is 0 Å². The average Bonchev–Trinajstić information content (AvgIpc) is 3.09. The van der Waals surface area contributed by atoms with E-state index in [0.717, 1.165) is 5.69 Å². The van der Waals surface area contributed by atoms with Crippen molar-refractivity contribution in [2.45, 2.75) is 13.0 Å². The van der Waals surface area contributed by atoms with Crippen LogP contribution in [-0.4, -0.2) is 69.3 Å². The summed E-state index contributed by atoms with van der Waals surface area (Å²) in [5.74, 6) is 0.527. The third-order valence-electron chi connectivity index (χ3n) is 5.07. The van der Waals surface area contributed by atoms with Gasteiger partial charge in [-0.25, -0.2) is 9.97 Å². The fourth-order valence-electron chi connectivity index (χ4n) is 3.62. The number of aromatic nitrogens is 3. The van der Waals surface area contributed by atoms with Gasteiger partial charge in [-0.15, -0.1) is 0 Å². The number of amides is 2. The molecule has 0 aliphatic carbocycles. The number of rotatable bonds is 4. The molecule has 2 fully saturated rings. The lowest BCUT2D eigenvalue weighted by Crippen LogP contribution is -2.51. The number of piperazine rings is 1. The van der Waals surface area contributed by atoms with Crippen molar-refractivity contribution in [3.05, 3.63) is 48.5 Å². The zero-order valence-corrected chi connectivity index (χ0v) is 15.1. The van der Waals surface area contributed by atoms with Crippen LogP contribution in [0.25, 0.3) is 0 Å². The zero-order chi connectivity index (χ0) is 18.6. The van der Waals surface area contributed by atoms with Crippen molar-refractivity contribution in [1.29, 1.82) is 0 Å². The Bertz CT molecular complexity index is 792. The molecule has 2 amide bonds. The lowest BCUT2D eigenvalue weighted by molar-refractivity contribution is -0.136. The monoisotopic (exact) mass is 366 g/mol. The molecule has 8 nitrogen and oxygen atoms in total. The van der Waals surface area contributed by atoms with Crippen LogP contribution in [0.3, 0.4) is 0 Å². The van der Waals surface area contributed by atoms with E-state index in [0.29, 0.717) is 45.2 Å². The van der Waals surface area contributed by atoms with E-state index >= 15 is 0 Å². The van der Waals surface area contributed by atoms with Gasteiger partial charge in [0.05, 0.1) is 18.2 Å². The Morgan fingerprint density at radius 1 is 1.00 bits per heavy atom. The van der Waals surface area contributed by atoms with Crippen molar-refractivity contribution < 1.29 is 9.59 Å². The molecule has 2 aliphatic rings. The lowest BCUT2D eigenvalue weighted by atomic mass is 10.1. The predicted molar refractivity (Wildman–Crippen MR) is 98.6 cm³/mol. The van der Waals surface area contributed by atoms with Gasteiger partial charge in [0.15, 0.2) is 0 Å². The first-order valence-corrected chi connectivity index (χ1v) is 9.19. The van der Waals surface area contributed by atoms with E-state index in [9.17, 15) is 9.59 Å². The van der Waals surface area contributed by atoms with E-state index in [1.54, 1.807) is 29.6 Å². The number of pyridine rings is 1. The van der Waals surface area contributed by atoms with Crippen LogP contribution in [0, 0.1) is 5.92 Å². The Labute approximate surface area is 157 Å². The fraction of sp³-hybridized carbons (Fsp3) is 0.421. The molecule has 4 heterocycles. The lowest BCUT2D eigenvalue weighted by Gasteiger charge is -2.35. The molecular weight excluding hydrogens is 344 g/mol. The number of likely N-dealkylation sites (tertiary alicyclic amines) is 1. The second-order valence-corrected chi connectivity index (χ2v) is 6.86. The van der Waals surface area contributed by atoms with Gasteiger partial charge >= 0.3 is 0 Å². The second kappa shape index (κ2) is 7.69. The van der Waals surface area contributed by atoms with E-state index in [2.05, 4.69) is 19.9 Å². The highest BCUT2D eigenvalue weighted by atomic mass is 16.2. The van der Waals surface area contributed by atoms with Crippen molar-refractivity contribution >= 4 is 17.8 Å². The smallest absolute Gasteiger partial charge is 0.228 e. The number of nitrogens with zero attached hydrogens (tertiary/aromatic N) is 6. The van der Waals surface area contributed by atoms with Gasteiger partial charge in [0.25, 0.3) is 0 Å². The molecule has 0 spiro atoms. The van der Waals surface area contributed by atoms with E-state index in [1.165, 1.54) is 0 Å². The Morgan fingerprint density at radius 2 is 1.74 bits per heavy atom. The maximum Gasteiger partial charge on any atom is 0.228 e. The first kappa shape index (κ1) is 17.4. The van der Waals surface area contributed by atoms with Crippen LogP contribution in [0.2, 0.25) is 0 Å². The summed E-state index contributed by atoms with van der Waals surface area (Å²) in [7, 11) is 0. The highest BCUT2D eigenvalue weighted by molar-refractivity contribution is 5.89. The van der Waals surface area contributed by atoms with Gasteiger partial charge in [0, 0.05) is 57.7 Å². The van der Waals surface area contributed by atoms with Gasteiger partial charge in [0.1, 0.15) is 0 Å². The maximum atomic E-state index is 12.9. The molecule has 27 heavy (non-hydrogen) atoms. The number of hydrogen-bond donors (Lipinski definition) is 0. The van der Waals surface area contributed by atoms with Crippen molar-refractivity contribution in [3.8, 4) is 0 Å².